The second kappa shape index (κ2) is 3.99. The van der Waals surface area contributed by atoms with Gasteiger partial charge in [0.25, 0.3) is 0 Å². The minimum absolute atomic E-state index is 0.620. The summed E-state index contributed by atoms with van der Waals surface area (Å²) in [4.78, 5) is 11.6. The molecule has 0 unspecified atom stereocenters. The Morgan fingerprint density at radius 3 is 2.62 bits per heavy atom. The van der Waals surface area contributed by atoms with Crippen LogP contribution in [0, 0.1) is 0 Å². The highest BCUT2D eigenvalue weighted by Gasteiger charge is 2.31. The molecule has 0 spiro atoms. The fourth-order valence-electron chi connectivity index (χ4n) is 2.09. The van der Waals surface area contributed by atoms with E-state index in [1.54, 1.807) is 0 Å². The van der Waals surface area contributed by atoms with E-state index in [2.05, 4.69) is 32.7 Å². The first-order chi connectivity index (χ1) is 7.78. The molecule has 0 amide bonds. The lowest BCUT2D eigenvalue weighted by atomic mass is 10.3. The van der Waals surface area contributed by atoms with Crippen LogP contribution in [0.4, 0.5) is 5.82 Å². The van der Waals surface area contributed by atoms with Crippen LogP contribution in [-0.2, 0) is 0 Å². The summed E-state index contributed by atoms with van der Waals surface area (Å²) in [5, 5.41) is 0. The number of anilines is 1. The van der Waals surface area contributed by atoms with E-state index >= 15 is 0 Å². The molecule has 16 heavy (non-hydrogen) atoms. The van der Waals surface area contributed by atoms with Crippen molar-refractivity contribution in [2.45, 2.75) is 44.6 Å². The summed E-state index contributed by atoms with van der Waals surface area (Å²) in [5.41, 5.74) is 0. The minimum Gasteiger partial charge on any atom is -0.354 e. The summed E-state index contributed by atoms with van der Waals surface area (Å²) >= 11 is 3.50. The predicted molar refractivity (Wildman–Crippen MR) is 67.7 cm³/mol. The van der Waals surface area contributed by atoms with Crippen LogP contribution in [0.5, 0.6) is 0 Å². The zero-order chi connectivity index (χ0) is 11.1. The summed E-state index contributed by atoms with van der Waals surface area (Å²) in [6.07, 6.45) is 5.14. The van der Waals surface area contributed by atoms with Crippen LogP contribution in [0.2, 0.25) is 0 Å². The van der Waals surface area contributed by atoms with Gasteiger partial charge in [0.1, 0.15) is 16.2 Å². The Bertz CT molecular complexity index is 399. The van der Waals surface area contributed by atoms with E-state index in [1.165, 1.54) is 25.7 Å². The third kappa shape index (κ3) is 2.08. The molecule has 3 rings (SSSR count). The van der Waals surface area contributed by atoms with Crippen LogP contribution < -0.4 is 4.90 Å². The molecule has 0 N–H and O–H groups in total. The molecule has 1 heterocycles. The van der Waals surface area contributed by atoms with Gasteiger partial charge in [0, 0.05) is 24.6 Å². The number of halogens is 1. The normalized spacial score (nSPS) is 19.9. The lowest BCUT2D eigenvalue weighted by molar-refractivity contribution is 0.787. The van der Waals surface area contributed by atoms with Gasteiger partial charge in [0.15, 0.2) is 0 Å². The van der Waals surface area contributed by atoms with Crippen molar-refractivity contribution >= 4 is 21.7 Å². The summed E-state index contributed by atoms with van der Waals surface area (Å²) in [5.74, 6) is 2.76. The first-order valence-electron chi connectivity index (χ1n) is 6.09. The van der Waals surface area contributed by atoms with E-state index in [-0.39, 0.29) is 0 Å². The Morgan fingerprint density at radius 2 is 2.06 bits per heavy atom. The molecule has 1 aromatic heterocycles. The first kappa shape index (κ1) is 10.5. The molecule has 0 saturated heterocycles. The van der Waals surface area contributed by atoms with Gasteiger partial charge < -0.3 is 4.90 Å². The van der Waals surface area contributed by atoms with Crippen molar-refractivity contribution in [1.82, 2.24) is 9.97 Å². The molecule has 2 aliphatic carbocycles. The van der Waals surface area contributed by atoms with Gasteiger partial charge in [-0.15, -0.1) is 0 Å². The first-order valence-corrected chi connectivity index (χ1v) is 6.88. The molecule has 2 fully saturated rings. The molecular formula is C12H16BrN3. The number of aromatic nitrogens is 2. The highest BCUT2D eigenvalue weighted by molar-refractivity contribution is 9.10. The second-order valence-corrected chi connectivity index (χ2v) is 5.51. The maximum Gasteiger partial charge on any atom is 0.135 e. The summed E-state index contributed by atoms with van der Waals surface area (Å²) in [6, 6.07) is 2.77. The van der Waals surface area contributed by atoms with Gasteiger partial charge in [0.2, 0.25) is 0 Å². The monoisotopic (exact) mass is 281 g/mol. The zero-order valence-electron chi connectivity index (χ0n) is 9.49. The Labute approximate surface area is 104 Å². The largest absolute Gasteiger partial charge is 0.354 e. The topological polar surface area (TPSA) is 29.0 Å². The highest BCUT2D eigenvalue weighted by atomic mass is 79.9. The molecule has 0 atom stereocenters. The molecule has 2 saturated carbocycles. The summed E-state index contributed by atoms with van der Waals surface area (Å²) in [6.45, 7) is 3.24. The van der Waals surface area contributed by atoms with E-state index in [0.29, 0.717) is 5.92 Å². The van der Waals surface area contributed by atoms with Crippen molar-refractivity contribution in [3.05, 3.63) is 16.5 Å². The number of hydrogen-bond donors (Lipinski definition) is 0. The predicted octanol–water partition coefficient (Wildman–Crippen LogP) is 3.11. The van der Waals surface area contributed by atoms with Crippen LogP contribution in [-0.4, -0.2) is 22.6 Å². The van der Waals surface area contributed by atoms with Crippen LogP contribution >= 0.6 is 15.9 Å². The van der Waals surface area contributed by atoms with Crippen LogP contribution in [0.3, 0.4) is 0 Å². The van der Waals surface area contributed by atoms with Crippen LogP contribution in [0.25, 0.3) is 0 Å². The average molecular weight is 282 g/mol. The summed E-state index contributed by atoms with van der Waals surface area (Å²) < 4.78 is 0.929. The van der Waals surface area contributed by atoms with Crippen molar-refractivity contribution < 1.29 is 0 Å². The van der Waals surface area contributed by atoms with Gasteiger partial charge in [0.05, 0.1) is 0 Å². The number of hydrogen-bond acceptors (Lipinski definition) is 3. The Balaban J connectivity index is 1.91. The molecule has 2 aliphatic rings. The molecule has 86 valence electrons. The van der Waals surface area contributed by atoms with Gasteiger partial charge in [-0.1, -0.05) is 0 Å². The van der Waals surface area contributed by atoms with Crippen molar-refractivity contribution in [3.63, 3.8) is 0 Å². The SMILES string of the molecule is CCN(c1cc(Br)nc(C2CC2)n1)C1CC1. The molecule has 0 bridgehead atoms. The maximum absolute atomic E-state index is 4.71. The fraction of sp³-hybridized carbons (Fsp3) is 0.667. The third-order valence-electron chi connectivity index (χ3n) is 3.26. The number of nitrogens with zero attached hydrogens (tertiary/aromatic N) is 3. The van der Waals surface area contributed by atoms with E-state index < -0.39 is 0 Å². The van der Waals surface area contributed by atoms with Gasteiger partial charge >= 0.3 is 0 Å². The number of rotatable bonds is 4. The van der Waals surface area contributed by atoms with Gasteiger partial charge in [-0.3, -0.25) is 0 Å². The van der Waals surface area contributed by atoms with E-state index in [4.69, 9.17) is 4.98 Å². The van der Waals surface area contributed by atoms with Crippen molar-refractivity contribution in [2.24, 2.45) is 0 Å². The average Bonchev–Trinajstić information content (AvgIpc) is 3.13. The van der Waals surface area contributed by atoms with Gasteiger partial charge in [-0.25, -0.2) is 9.97 Å². The molecule has 3 nitrogen and oxygen atoms in total. The third-order valence-corrected chi connectivity index (χ3v) is 3.67. The molecule has 1 aromatic rings. The van der Waals surface area contributed by atoms with Crippen LogP contribution in [0.1, 0.15) is 44.3 Å². The summed E-state index contributed by atoms with van der Waals surface area (Å²) in [7, 11) is 0. The quantitative estimate of drug-likeness (QED) is 0.795. The fourth-order valence-corrected chi connectivity index (χ4v) is 2.47. The molecular weight excluding hydrogens is 266 g/mol. The standard InChI is InChI=1S/C12H16BrN3/c1-2-16(9-5-6-9)11-7-10(13)14-12(15-11)8-3-4-8/h7-9H,2-6H2,1H3. The van der Waals surface area contributed by atoms with E-state index in [1.807, 2.05) is 6.07 Å². The van der Waals surface area contributed by atoms with Crippen molar-refractivity contribution in [1.29, 1.82) is 0 Å². The van der Waals surface area contributed by atoms with E-state index in [0.717, 1.165) is 28.8 Å². The Hall–Kier alpha value is -0.640. The highest BCUT2D eigenvalue weighted by Crippen LogP contribution is 2.40. The molecule has 0 radical (unpaired) electrons. The molecule has 0 aliphatic heterocycles. The van der Waals surface area contributed by atoms with E-state index in [9.17, 15) is 0 Å². The van der Waals surface area contributed by atoms with Crippen molar-refractivity contribution in [2.75, 3.05) is 11.4 Å². The van der Waals surface area contributed by atoms with Crippen molar-refractivity contribution in [3.8, 4) is 0 Å². The Morgan fingerprint density at radius 1 is 1.31 bits per heavy atom. The zero-order valence-corrected chi connectivity index (χ0v) is 11.1. The lowest BCUT2D eigenvalue weighted by Gasteiger charge is -2.22. The van der Waals surface area contributed by atoms with Gasteiger partial charge in [-0.05, 0) is 48.5 Å². The maximum atomic E-state index is 4.71. The van der Waals surface area contributed by atoms with Gasteiger partial charge in [-0.2, -0.15) is 0 Å². The van der Waals surface area contributed by atoms with Crippen LogP contribution in [0.15, 0.2) is 10.7 Å². The second-order valence-electron chi connectivity index (χ2n) is 4.70. The lowest BCUT2D eigenvalue weighted by Crippen LogP contribution is -2.26. The Kier molecular flexibility index (Phi) is 2.62. The molecule has 4 heteroatoms. The molecule has 0 aromatic carbocycles. The minimum atomic E-state index is 0.620. The smallest absolute Gasteiger partial charge is 0.135 e.